The van der Waals surface area contributed by atoms with Crippen LogP contribution in [-0.4, -0.2) is 15.9 Å². The van der Waals surface area contributed by atoms with Crippen molar-refractivity contribution in [1.82, 2.24) is 9.97 Å². The van der Waals surface area contributed by atoms with E-state index in [-0.39, 0.29) is 5.91 Å². The third kappa shape index (κ3) is 3.99. The fourth-order valence-electron chi connectivity index (χ4n) is 2.72. The summed E-state index contributed by atoms with van der Waals surface area (Å²) in [5.41, 5.74) is 3.03. The van der Waals surface area contributed by atoms with Crippen molar-refractivity contribution in [2.75, 3.05) is 5.32 Å². The van der Waals surface area contributed by atoms with Gasteiger partial charge in [-0.3, -0.25) is 4.79 Å². The third-order valence-electron chi connectivity index (χ3n) is 3.93. The average Bonchev–Trinajstić information content (AvgIpc) is 3.24. The first kappa shape index (κ1) is 17.6. The Morgan fingerprint density at radius 2 is 1.96 bits per heavy atom. The number of rotatable bonds is 5. The maximum Gasteiger partial charge on any atom is 0.259 e. The number of nitrogens with zero attached hydrogens (tertiary/aromatic N) is 2. The van der Waals surface area contributed by atoms with E-state index in [1.807, 2.05) is 49.6 Å². The minimum atomic E-state index is -0.208. The van der Waals surface area contributed by atoms with E-state index in [1.54, 1.807) is 34.8 Å². The molecule has 0 unspecified atom stereocenters. The van der Waals surface area contributed by atoms with Gasteiger partial charge in [-0.1, -0.05) is 12.1 Å². The van der Waals surface area contributed by atoms with Crippen LogP contribution < -0.4 is 10.1 Å². The molecule has 0 bridgehead atoms. The molecular weight excluding hydrogens is 378 g/mol. The maximum absolute atomic E-state index is 12.8. The SMILES string of the molecule is Cc1nc(COc2ccccc2C(=O)Nc2ccc3nc(C)sc3c2)cs1. The molecule has 0 spiro atoms. The van der Waals surface area contributed by atoms with Gasteiger partial charge in [-0.05, 0) is 44.2 Å². The molecule has 0 saturated carbocycles. The Labute approximate surface area is 164 Å². The van der Waals surface area contributed by atoms with Crippen molar-refractivity contribution >= 4 is 44.5 Å². The molecule has 0 aliphatic carbocycles. The number of anilines is 1. The zero-order valence-electron chi connectivity index (χ0n) is 14.9. The van der Waals surface area contributed by atoms with Crippen molar-refractivity contribution < 1.29 is 9.53 Å². The van der Waals surface area contributed by atoms with Crippen LogP contribution in [0, 0.1) is 13.8 Å². The van der Waals surface area contributed by atoms with Gasteiger partial charge in [0, 0.05) is 11.1 Å². The summed E-state index contributed by atoms with van der Waals surface area (Å²) in [6.07, 6.45) is 0. The van der Waals surface area contributed by atoms with E-state index in [1.165, 1.54) is 0 Å². The molecule has 0 aliphatic heterocycles. The summed E-state index contributed by atoms with van der Waals surface area (Å²) in [7, 11) is 0. The van der Waals surface area contributed by atoms with Crippen LogP contribution in [0.5, 0.6) is 5.75 Å². The molecule has 2 aromatic heterocycles. The maximum atomic E-state index is 12.8. The number of ether oxygens (including phenoxy) is 1. The van der Waals surface area contributed by atoms with Crippen molar-refractivity contribution in [3.8, 4) is 5.75 Å². The Bertz CT molecular complexity index is 1120. The normalized spacial score (nSPS) is 10.9. The quantitative estimate of drug-likeness (QED) is 0.504. The third-order valence-corrected chi connectivity index (χ3v) is 5.68. The predicted molar refractivity (Wildman–Crippen MR) is 110 cm³/mol. The fourth-order valence-corrected chi connectivity index (χ4v) is 4.19. The molecule has 27 heavy (non-hydrogen) atoms. The molecule has 1 N–H and O–H groups in total. The zero-order chi connectivity index (χ0) is 18.8. The number of aromatic nitrogens is 2. The number of hydrogen-bond acceptors (Lipinski definition) is 6. The van der Waals surface area contributed by atoms with Gasteiger partial charge in [-0.25, -0.2) is 9.97 Å². The molecule has 136 valence electrons. The second kappa shape index (κ2) is 7.46. The number of para-hydroxylation sites is 1. The summed E-state index contributed by atoms with van der Waals surface area (Å²) < 4.78 is 6.89. The van der Waals surface area contributed by atoms with Crippen LogP contribution in [-0.2, 0) is 6.61 Å². The highest BCUT2D eigenvalue weighted by molar-refractivity contribution is 7.18. The summed E-state index contributed by atoms with van der Waals surface area (Å²) in [6.45, 7) is 4.26. The minimum Gasteiger partial charge on any atom is -0.486 e. The van der Waals surface area contributed by atoms with Crippen molar-refractivity contribution in [3.63, 3.8) is 0 Å². The highest BCUT2D eigenvalue weighted by Crippen LogP contribution is 2.26. The van der Waals surface area contributed by atoms with Crippen LogP contribution in [0.2, 0.25) is 0 Å². The number of carbonyl (C=O) groups excluding carboxylic acids is 1. The predicted octanol–water partition coefficient (Wildman–Crippen LogP) is 5.20. The van der Waals surface area contributed by atoms with E-state index in [4.69, 9.17) is 4.74 Å². The first-order valence-corrected chi connectivity index (χ1v) is 10.1. The Kier molecular flexibility index (Phi) is 4.87. The van der Waals surface area contributed by atoms with Gasteiger partial charge in [0.25, 0.3) is 5.91 Å². The summed E-state index contributed by atoms with van der Waals surface area (Å²) in [4.78, 5) is 21.6. The first-order valence-electron chi connectivity index (χ1n) is 8.40. The molecule has 2 heterocycles. The fraction of sp³-hybridized carbons (Fsp3) is 0.150. The molecular formula is C20H17N3O2S2. The van der Waals surface area contributed by atoms with Crippen LogP contribution in [0.15, 0.2) is 47.8 Å². The van der Waals surface area contributed by atoms with E-state index in [0.717, 1.165) is 31.6 Å². The summed E-state index contributed by atoms with van der Waals surface area (Å²) in [5.74, 6) is 0.330. The Hall–Kier alpha value is -2.77. The molecule has 0 aliphatic rings. The van der Waals surface area contributed by atoms with Gasteiger partial charge in [0.05, 0.1) is 31.5 Å². The Morgan fingerprint density at radius 3 is 2.78 bits per heavy atom. The molecule has 7 heteroatoms. The van der Waals surface area contributed by atoms with Gasteiger partial charge in [0.1, 0.15) is 12.4 Å². The van der Waals surface area contributed by atoms with Crippen LogP contribution in [0.1, 0.15) is 26.1 Å². The number of fused-ring (bicyclic) bond motifs is 1. The Morgan fingerprint density at radius 1 is 1.11 bits per heavy atom. The van der Waals surface area contributed by atoms with Crippen molar-refractivity contribution in [2.24, 2.45) is 0 Å². The monoisotopic (exact) mass is 395 g/mol. The highest BCUT2D eigenvalue weighted by atomic mass is 32.1. The smallest absolute Gasteiger partial charge is 0.259 e. The largest absolute Gasteiger partial charge is 0.486 e. The number of benzene rings is 2. The Balaban J connectivity index is 1.52. The van der Waals surface area contributed by atoms with Crippen LogP contribution in [0.25, 0.3) is 10.2 Å². The number of nitrogens with one attached hydrogen (secondary N) is 1. The van der Waals surface area contributed by atoms with E-state index in [2.05, 4.69) is 15.3 Å². The highest BCUT2D eigenvalue weighted by Gasteiger charge is 2.13. The molecule has 0 atom stereocenters. The number of carbonyl (C=O) groups is 1. The van der Waals surface area contributed by atoms with Crippen molar-refractivity contribution in [3.05, 3.63) is 69.1 Å². The molecule has 2 aromatic carbocycles. The van der Waals surface area contributed by atoms with E-state index >= 15 is 0 Å². The lowest BCUT2D eigenvalue weighted by Gasteiger charge is -2.11. The number of thiazole rings is 2. The number of hydrogen-bond donors (Lipinski definition) is 1. The van der Waals surface area contributed by atoms with Gasteiger partial charge in [-0.15, -0.1) is 22.7 Å². The zero-order valence-corrected chi connectivity index (χ0v) is 16.5. The molecule has 4 aromatic rings. The van der Waals surface area contributed by atoms with Gasteiger partial charge in [0.2, 0.25) is 0 Å². The standard InChI is InChI=1S/C20H17N3O2S2/c1-12-21-15(11-26-12)10-25-18-6-4-3-5-16(18)20(24)23-14-7-8-17-19(9-14)27-13(2)22-17/h3-9,11H,10H2,1-2H3,(H,23,24). The summed E-state index contributed by atoms with van der Waals surface area (Å²) in [6, 6.07) is 13.0. The summed E-state index contributed by atoms with van der Waals surface area (Å²) in [5, 5.41) is 6.91. The molecule has 0 saturated heterocycles. The second-order valence-electron chi connectivity index (χ2n) is 6.01. The topological polar surface area (TPSA) is 64.1 Å². The van der Waals surface area contributed by atoms with E-state index in [0.29, 0.717) is 17.9 Å². The lowest BCUT2D eigenvalue weighted by molar-refractivity contribution is 0.102. The molecule has 5 nitrogen and oxygen atoms in total. The average molecular weight is 396 g/mol. The van der Waals surface area contributed by atoms with Gasteiger partial charge in [0.15, 0.2) is 0 Å². The van der Waals surface area contributed by atoms with Crippen LogP contribution in [0.3, 0.4) is 0 Å². The van der Waals surface area contributed by atoms with E-state index in [9.17, 15) is 4.79 Å². The first-order chi connectivity index (χ1) is 13.1. The van der Waals surface area contributed by atoms with Crippen molar-refractivity contribution in [2.45, 2.75) is 20.5 Å². The minimum absolute atomic E-state index is 0.208. The number of aryl methyl sites for hydroxylation is 2. The lowest BCUT2D eigenvalue weighted by Crippen LogP contribution is -2.13. The van der Waals surface area contributed by atoms with Gasteiger partial charge >= 0.3 is 0 Å². The van der Waals surface area contributed by atoms with Crippen molar-refractivity contribution in [1.29, 1.82) is 0 Å². The number of amides is 1. The molecule has 4 rings (SSSR count). The van der Waals surface area contributed by atoms with Gasteiger partial charge in [-0.2, -0.15) is 0 Å². The summed E-state index contributed by atoms with van der Waals surface area (Å²) >= 11 is 3.19. The lowest BCUT2D eigenvalue weighted by atomic mass is 10.2. The van der Waals surface area contributed by atoms with Crippen LogP contribution in [0.4, 0.5) is 5.69 Å². The molecule has 1 amide bonds. The van der Waals surface area contributed by atoms with Crippen LogP contribution >= 0.6 is 22.7 Å². The van der Waals surface area contributed by atoms with Gasteiger partial charge < -0.3 is 10.1 Å². The van der Waals surface area contributed by atoms with E-state index < -0.39 is 0 Å². The molecule has 0 fully saturated rings. The molecule has 0 radical (unpaired) electrons. The second-order valence-corrected chi connectivity index (χ2v) is 8.31.